The zero-order valence-electron chi connectivity index (χ0n) is 29.3. The first-order chi connectivity index (χ1) is 24.1. The van der Waals surface area contributed by atoms with Gasteiger partial charge in [0.25, 0.3) is 11.8 Å². The van der Waals surface area contributed by atoms with E-state index in [9.17, 15) is 19.5 Å². The third kappa shape index (κ3) is 9.19. The van der Waals surface area contributed by atoms with Gasteiger partial charge in [-0.05, 0) is 74.9 Å². The molecule has 10 heteroatoms. The number of carbonyl (C=O) groups is 3. The van der Waals surface area contributed by atoms with E-state index in [1.54, 1.807) is 66.2 Å². The predicted octanol–water partition coefficient (Wildman–Crippen LogP) is 7.05. The van der Waals surface area contributed by atoms with Gasteiger partial charge in [-0.25, -0.2) is 4.79 Å². The summed E-state index contributed by atoms with van der Waals surface area (Å²) in [5.74, 6) is -0.434. The van der Waals surface area contributed by atoms with Crippen LogP contribution in [0.15, 0.2) is 91.0 Å². The Morgan fingerprint density at radius 2 is 1.70 bits per heavy atom. The highest BCUT2D eigenvalue weighted by Gasteiger charge is 2.31. The maximum Gasteiger partial charge on any atom is 0.321 e. The van der Waals surface area contributed by atoms with Gasteiger partial charge in [0.1, 0.15) is 5.75 Å². The molecule has 0 unspecified atom stereocenters. The van der Waals surface area contributed by atoms with Gasteiger partial charge in [-0.3, -0.25) is 9.59 Å². The van der Waals surface area contributed by atoms with Crippen LogP contribution in [0.3, 0.4) is 0 Å². The number of ether oxygens (including phenoxy) is 2. The Labute approximate surface area is 294 Å². The van der Waals surface area contributed by atoms with Crippen LogP contribution in [0.1, 0.15) is 60.7 Å². The van der Waals surface area contributed by atoms with E-state index < -0.39 is 12.1 Å². The van der Waals surface area contributed by atoms with Crippen LogP contribution in [-0.2, 0) is 4.74 Å². The highest BCUT2D eigenvalue weighted by Crippen LogP contribution is 2.29. The molecule has 4 aromatic rings. The smallest absolute Gasteiger partial charge is 0.321 e. The summed E-state index contributed by atoms with van der Waals surface area (Å²) in [7, 11) is 1.74. The Morgan fingerprint density at radius 1 is 0.960 bits per heavy atom. The molecule has 1 heterocycles. The average Bonchev–Trinajstić information content (AvgIpc) is 3.13. The number of likely N-dealkylation sites (N-methyl/N-ethyl adjacent to an activating group) is 1. The summed E-state index contributed by atoms with van der Waals surface area (Å²) in [5.41, 5.74) is 1.96. The van der Waals surface area contributed by atoms with Crippen LogP contribution < -0.4 is 15.4 Å². The fourth-order valence-electron chi connectivity index (χ4n) is 6.15. The lowest BCUT2D eigenvalue weighted by atomic mass is 10.0. The Hall–Kier alpha value is -4.93. The van der Waals surface area contributed by atoms with Crippen molar-refractivity contribution in [3.05, 3.63) is 102 Å². The molecule has 0 radical (unpaired) electrons. The number of amides is 4. The van der Waals surface area contributed by atoms with Crippen LogP contribution >= 0.6 is 0 Å². The monoisotopic (exact) mass is 680 g/mol. The third-order valence-corrected chi connectivity index (χ3v) is 9.18. The molecule has 4 aromatic carbocycles. The second-order valence-corrected chi connectivity index (χ2v) is 13.2. The van der Waals surface area contributed by atoms with Crippen molar-refractivity contribution in [2.24, 2.45) is 5.92 Å². The summed E-state index contributed by atoms with van der Waals surface area (Å²) in [4.78, 5) is 44.1. The van der Waals surface area contributed by atoms with Crippen LogP contribution in [0.2, 0.25) is 0 Å². The number of aliphatic hydroxyl groups excluding tert-OH is 1. The lowest BCUT2D eigenvalue weighted by molar-refractivity contribution is -0.0115. The summed E-state index contributed by atoms with van der Waals surface area (Å²) < 4.78 is 12.7. The molecular weight excluding hydrogens is 632 g/mol. The average molecular weight is 681 g/mol. The summed E-state index contributed by atoms with van der Waals surface area (Å²) in [6.07, 6.45) is 1.81. The van der Waals surface area contributed by atoms with Gasteiger partial charge in [0.15, 0.2) is 0 Å². The van der Waals surface area contributed by atoms with E-state index in [-0.39, 0.29) is 48.6 Å². The fraction of sp³-hybridized carbons (Fsp3) is 0.375. The van der Waals surface area contributed by atoms with Crippen molar-refractivity contribution in [3.8, 4) is 5.75 Å². The lowest BCUT2D eigenvalue weighted by Crippen LogP contribution is -2.48. The predicted molar refractivity (Wildman–Crippen MR) is 197 cm³/mol. The molecule has 1 aliphatic rings. The van der Waals surface area contributed by atoms with Crippen molar-refractivity contribution in [3.63, 3.8) is 0 Å². The Balaban J connectivity index is 1.38. The van der Waals surface area contributed by atoms with Gasteiger partial charge in [0, 0.05) is 49.3 Å². The molecule has 0 saturated heterocycles. The number of anilines is 2. The van der Waals surface area contributed by atoms with Gasteiger partial charge in [-0.1, -0.05) is 61.5 Å². The molecule has 0 aliphatic carbocycles. The molecule has 0 bridgehead atoms. The molecule has 5 rings (SSSR count). The first-order valence-corrected chi connectivity index (χ1v) is 17.3. The quantitative estimate of drug-likeness (QED) is 0.192. The minimum absolute atomic E-state index is 0.184. The topological polar surface area (TPSA) is 120 Å². The van der Waals surface area contributed by atoms with Gasteiger partial charge in [-0.2, -0.15) is 0 Å². The van der Waals surface area contributed by atoms with Crippen LogP contribution in [0.4, 0.5) is 16.2 Å². The molecule has 0 saturated carbocycles. The Kier molecular flexibility index (Phi) is 12.5. The SMILES string of the molecule is C[C@@H]1CCCCO[C@@H](CN(C)C(=O)Nc2cccc3ccccc23)[C@H](C)CN([C@H](C)CO)C(=O)c2cc(NC(=O)c3ccccc3)ccc2O1. The number of fused-ring (bicyclic) bond motifs is 2. The number of rotatable bonds is 7. The maximum absolute atomic E-state index is 14.4. The van der Waals surface area contributed by atoms with Crippen LogP contribution in [0.25, 0.3) is 10.8 Å². The Bertz CT molecular complexity index is 1760. The minimum Gasteiger partial charge on any atom is -0.490 e. The van der Waals surface area contributed by atoms with E-state index in [2.05, 4.69) is 10.6 Å². The number of hydrogen-bond donors (Lipinski definition) is 3. The number of urea groups is 1. The lowest BCUT2D eigenvalue weighted by Gasteiger charge is -2.35. The van der Waals surface area contributed by atoms with E-state index in [1.165, 1.54) is 0 Å². The normalized spacial score (nSPS) is 19.4. The number of nitrogens with one attached hydrogen (secondary N) is 2. The second kappa shape index (κ2) is 17.1. The molecule has 1 aliphatic heterocycles. The van der Waals surface area contributed by atoms with Crippen molar-refractivity contribution >= 4 is 40.0 Å². The van der Waals surface area contributed by atoms with Crippen molar-refractivity contribution in [2.75, 3.05) is 44.0 Å². The summed E-state index contributed by atoms with van der Waals surface area (Å²) >= 11 is 0. The third-order valence-electron chi connectivity index (χ3n) is 9.18. The molecule has 3 N–H and O–H groups in total. The molecule has 50 heavy (non-hydrogen) atoms. The van der Waals surface area contributed by atoms with Crippen LogP contribution in [-0.4, -0.2) is 84.4 Å². The molecule has 0 spiro atoms. The van der Waals surface area contributed by atoms with E-state index in [0.29, 0.717) is 30.2 Å². The minimum atomic E-state index is -0.529. The van der Waals surface area contributed by atoms with Gasteiger partial charge < -0.3 is 35.0 Å². The Morgan fingerprint density at radius 3 is 2.48 bits per heavy atom. The second-order valence-electron chi connectivity index (χ2n) is 13.2. The molecule has 0 aromatic heterocycles. The molecule has 4 atom stereocenters. The highest BCUT2D eigenvalue weighted by molar-refractivity contribution is 6.05. The number of hydrogen-bond acceptors (Lipinski definition) is 6. The molecule has 4 amide bonds. The van der Waals surface area contributed by atoms with E-state index >= 15 is 0 Å². The molecular formula is C40H48N4O6. The van der Waals surface area contributed by atoms with Gasteiger partial charge >= 0.3 is 6.03 Å². The number of nitrogens with zero attached hydrogens (tertiary/aromatic N) is 2. The first-order valence-electron chi connectivity index (χ1n) is 17.3. The zero-order chi connectivity index (χ0) is 35.6. The van der Waals surface area contributed by atoms with Crippen molar-refractivity contribution in [1.29, 1.82) is 0 Å². The van der Waals surface area contributed by atoms with E-state index in [0.717, 1.165) is 35.7 Å². The fourth-order valence-corrected chi connectivity index (χ4v) is 6.15. The zero-order valence-corrected chi connectivity index (χ0v) is 29.3. The molecule has 0 fully saturated rings. The number of aliphatic hydroxyl groups is 1. The summed E-state index contributed by atoms with van der Waals surface area (Å²) in [5, 5.41) is 18.2. The number of benzene rings is 4. The van der Waals surface area contributed by atoms with E-state index in [1.807, 2.05) is 62.4 Å². The van der Waals surface area contributed by atoms with Crippen molar-refractivity contribution in [1.82, 2.24) is 9.80 Å². The largest absolute Gasteiger partial charge is 0.490 e. The standard InChI is InChI=1S/C40H48N4O6/c1-27-24-44(28(2)26-45)39(47)34-23-32(41-38(46)31-15-6-5-7-16-31)20-21-36(34)50-29(3)13-10-11-22-49-37(27)25-43(4)40(48)42-35-19-12-17-30-14-8-9-18-33(30)35/h5-9,12,14-21,23,27-29,37,45H,10-11,13,22,24-26H2,1-4H3,(H,41,46)(H,42,48)/t27-,28-,29-,37+/m1/s1. The van der Waals surface area contributed by atoms with Crippen LogP contribution in [0.5, 0.6) is 5.75 Å². The summed E-state index contributed by atoms with van der Waals surface area (Å²) in [6, 6.07) is 26.9. The molecule has 264 valence electrons. The highest BCUT2D eigenvalue weighted by atomic mass is 16.5. The van der Waals surface area contributed by atoms with Gasteiger partial charge in [-0.15, -0.1) is 0 Å². The van der Waals surface area contributed by atoms with Gasteiger partial charge in [0.2, 0.25) is 0 Å². The number of carbonyl (C=O) groups excluding carboxylic acids is 3. The molecule has 10 nitrogen and oxygen atoms in total. The van der Waals surface area contributed by atoms with Gasteiger partial charge in [0.05, 0.1) is 36.1 Å². The summed E-state index contributed by atoms with van der Waals surface area (Å²) in [6.45, 7) is 6.53. The van der Waals surface area contributed by atoms with E-state index in [4.69, 9.17) is 9.47 Å². The van der Waals surface area contributed by atoms with Crippen molar-refractivity contribution in [2.45, 2.75) is 58.3 Å². The first kappa shape index (κ1) is 36.4. The maximum atomic E-state index is 14.4. The van der Waals surface area contributed by atoms with Crippen LogP contribution in [0, 0.1) is 5.92 Å². The van der Waals surface area contributed by atoms with Crippen molar-refractivity contribution < 1.29 is 29.0 Å².